The third kappa shape index (κ3) is 10.3. The highest BCUT2D eigenvalue weighted by atomic mass is 15.1. The highest BCUT2D eigenvalue weighted by Crippen LogP contribution is 2.34. The third-order valence-electron chi connectivity index (χ3n) is 7.01. The van der Waals surface area contributed by atoms with Gasteiger partial charge in [-0.1, -0.05) is 53.9 Å². The van der Waals surface area contributed by atoms with E-state index >= 15 is 0 Å². The van der Waals surface area contributed by atoms with Crippen molar-refractivity contribution in [2.24, 2.45) is 16.7 Å². The molecule has 2 heteroatoms. The van der Waals surface area contributed by atoms with Gasteiger partial charge in [-0.25, -0.2) is 0 Å². The van der Waals surface area contributed by atoms with Gasteiger partial charge in [0.2, 0.25) is 0 Å². The summed E-state index contributed by atoms with van der Waals surface area (Å²) in [5, 5.41) is 0. The van der Waals surface area contributed by atoms with Crippen molar-refractivity contribution in [1.29, 1.82) is 0 Å². The van der Waals surface area contributed by atoms with Crippen molar-refractivity contribution >= 4 is 0 Å². The van der Waals surface area contributed by atoms with Crippen molar-refractivity contribution in [3.05, 3.63) is 0 Å². The molecule has 0 amide bonds. The molecule has 0 saturated carbocycles. The molecule has 2 aliphatic rings. The fourth-order valence-corrected chi connectivity index (χ4v) is 5.03. The zero-order chi connectivity index (χ0) is 19.8. The Labute approximate surface area is 171 Å². The predicted molar refractivity (Wildman–Crippen MR) is 120 cm³/mol. The maximum Gasteiger partial charge on any atom is -0.00136 e. The van der Waals surface area contributed by atoms with Gasteiger partial charge in [-0.05, 0) is 107 Å². The first-order valence-corrected chi connectivity index (χ1v) is 12.2. The Kier molecular flexibility index (Phi) is 9.62. The van der Waals surface area contributed by atoms with Gasteiger partial charge >= 0.3 is 0 Å². The minimum atomic E-state index is 0.472. The van der Waals surface area contributed by atoms with Crippen molar-refractivity contribution in [3.63, 3.8) is 0 Å². The van der Waals surface area contributed by atoms with Crippen LogP contribution in [0.4, 0.5) is 0 Å². The molecule has 2 heterocycles. The molecular weight excluding hydrogens is 328 g/mol. The number of hydrogen-bond acceptors (Lipinski definition) is 2. The first-order chi connectivity index (χ1) is 12.7. The Morgan fingerprint density at radius 2 is 1.19 bits per heavy atom. The second kappa shape index (κ2) is 11.2. The molecule has 0 aromatic heterocycles. The lowest BCUT2D eigenvalue weighted by Crippen LogP contribution is -2.32. The quantitative estimate of drug-likeness (QED) is 0.492. The van der Waals surface area contributed by atoms with Crippen molar-refractivity contribution < 1.29 is 0 Å². The predicted octanol–water partition coefficient (Wildman–Crippen LogP) is 6.60. The number of hydrogen-bond donors (Lipinski definition) is 0. The number of rotatable bonds is 7. The topological polar surface area (TPSA) is 6.48 Å². The van der Waals surface area contributed by atoms with E-state index in [1.807, 2.05) is 0 Å². The monoisotopic (exact) mass is 378 g/mol. The normalized spacial score (nSPS) is 25.0. The SMILES string of the molecule is CC(C)(C)CCN1CCCC(CC(C)(C)CCN2CCCCCCC2)CC1. The fraction of sp³-hybridized carbons (Fsp3) is 1.00. The fourth-order valence-electron chi connectivity index (χ4n) is 5.03. The van der Waals surface area contributed by atoms with Gasteiger partial charge in [0.1, 0.15) is 0 Å². The van der Waals surface area contributed by atoms with Crippen LogP contribution in [0, 0.1) is 16.7 Å². The van der Waals surface area contributed by atoms with E-state index < -0.39 is 0 Å². The number of nitrogens with zero attached hydrogens (tertiary/aromatic N) is 2. The van der Waals surface area contributed by atoms with Crippen LogP contribution >= 0.6 is 0 Å². The first-order valence-electron chi connectivity index (χ1n) is 12.2. The van der Waals surface area contributed by atoms with E-state index in [0.717, 1.165) is 5.92 Å². The molecule has 0 spiro atoms. The average molecular weight is 379 g/mol. The van der Waals surface area contributed by atoms with Gasteiger partial charge in [-0.2, -0.15) is 0 Å². The number of likely N-dealkylation sites (tertiary alicyclic amines) is 2. The summed E-state index contributed by atoms with van der Waals surface area (Å²) in [4.78, 5) is 5.51. The lowest BCUT2D eigenvalue weighted by atomic mass is 9.77. The van der Waals surface area contributed by atoms with Crippen LogP contribution in [0.1, 0.15) is 105 Å². The van der Waals surface area contributed by atoms with E-state index in [1.165, 1.54) is 110 Å². The zero-order valence-corrected chi connectivity index (χ0v) is 19.5. The lowest BCUT2D eigenvalue weighted by Gasteiger charge is -2.33. The molecule has 0 aromatic rings. The van der Waals surface area contributed by atoms with E-state index in [2.05, 4.69) is 44.4 Å². The van der Waals surface area contributed by atoms with Gasteiger partial charge in [0.15, 0.2) is 0 Å². The molecule has 2 nitrogen and oxygen atoms in total. The summed E-state index contributed by atoms with van der Waals surface area (Å²) < 4.78 is 0. The molecule has 27 heavy (non-hydrogen) atoms. The van der Waals surface area contributed by atoms with E-state index in [4.69, 9.17) is 0 Å². The van der Waals surface area contributed by atoms with Crippen LogP contribution in [0.25, 0.3) is 0 Å². The summed E-state index contributed by atoms with van der Waals surface area (Å²) in [6.07, 6.45) is 15.7. The molecular formula is C25H50N2. The van der Waals surface area contributed by atoms with Gasteiger partial charge in [0.25, 0.3) is 0 Å². The second-order valence-electron chi connectivity index (χ2n) is 11.7. The largest absolute Gasteiger partial charge is 0.303 e. The Balaban J connectivity index is 1.70. The van der Waals surface area contributed by atoms with Gasteiger partial charge in [-0.15, -0.1) is 0 Å². The maximum absolute atomic E-state index is 2.77. The molecule has 0 N–H and O–H groups in total. The maximum atomic E-state index is 2.77. The van der Waals surface area contributed by atoms with E-state index in [-0.39, 0.29) is 0 Å². The van der Waals surface area contributed by atoms with Gasteiger partial charge in [0, 0.05) is 0 Å². The lowest BCUT2D eigenvalue weighted by molar-refractivity contribution is 0.172. The molecule has 0 radical (unpaired) electrons. The van der Waals surface area contributed by atoms with Crippen LogP contribution in [-0.2, 0) is 0 Å². The molecule has 0 bridgehead atoms. The molecule has 160 valence electrons. The third-order valence-corrected chi connectivity index (χ3v) is 7.01. The summed E-state index contributed by atoms with van der Waals surface area (Å²) >= 11 is 0. The highest BCUT2D eigenvalue weighted by molar-refractivity contribution is 4.79. The molecule has 0 aliphatic carbocycles. The molecule has 0 aromatic carbocycles. The second-order valence-corrected chi connectivity index (χ2v) is 11.7. The van der Waals surface area contributed by atoms with Crippen molar-refractivity contribution in [3.8, 4) is 0 Å². The average Bonchev–Trinajstić information content (AvgIpc) is 2.76. The Morgan fingerprint density at radius 1 is 0.630 bits per heavy atom. The molecule has 1 atom stereocenters. The van der Waals surface area contributed by atoms with Crippen molar-refractivity contribution in [1.82, 2.24) is 9.80 Å². The van der Waals surface area contributed by atoms with Gasteiger partial charge in [0.05, 0.1) is 0 Å². The summed E-state index contributed by atoms with van der Waals surface area (Å²) in [6, 6.07) is 0. The highest BCUT2D eigenvalue weighted by Gasteiger charge is 2.26. The van der Waals surface area contributed by atoms with Crippen molar-refractivity contribution in [2.75, 3.05) is 39.3 Å². The summed E-state index contributed by atoms with van der Waals surface area (Å²) in [7, 11) is 0. The molecule has 2 rings (SSSR count). The molecule has 1 unspecified atom stereocenters. The van der Waals surface area contributed by atoms with Crippen LogP contribution in [0.3, 0.4) is 0 Å². The van der Waals surface area contributed by atoms with Crippen LogP contribution in [0.2, 0.25) is 0 Å². The smallest absolute Gasteiger partial charge is 0.00136 e. The van der Waals surface area contributed by atoms with Crippen LogP contribution in [0.5, 0.6) is 0 Å². The molecule has 2 aliphatic heterocycles. The first kappa shape index (κ1) is 23.2. The van der Waals surface area contributed by atoms with E-state index in [9.17, 15) is 0 Å². The van der Waals surface area contributed by atoms with Gasteiger partial charge in [-0.3, -0.25) is 0 Å². The minimum absolute atomic E-state index is 0.472. The Hall–Kier alpha value is -0.0800. The summed E-state index contributed by atoms with van der Waals surface area (Å²) in [5.74, 6) is 0.951. The van der Waals surface area contributed by atoms with Crippen LogP contribution in [0.15, 0.2) is 0 Å². The Bertz CT molecular complexity index is 388. The summed E-state index contributed by atoms with van der Waals surface area (Å²) in [5.41, 5.74) is 0.980. The zero-order valence-electron chi connectivity index (χ0n) is 19.5. The summed E-state index contributed by atoms with van der Waals surface area (Å²) in [6.45, 7) is 20.2. The standard InChI is InChI=1S/C25H50N2/c1-24(2,3)14-20-27-18-11-12-23(13-19-27)22-25(4,5)15-21-26-16-9-7-6-8-10-17-26/h23H,6-22H2,1-5H3. The molecule has 2 saturated heterocycles. The van der Waals surface area contributed by atoms with Crippen molar-refractivity contribution in [2.45, 2.75) is 105 Å². The Morgan fingerprint density at radius 3 is 1.85 bits per heavy atom. The minimum Gasteiger partial charge on any atom is -0.303 e. The van der Waals surface area contributed by atoms with E-state index in [1.54, 1.807) is 0 Å². The van der Waals surface area contributed by atoms with Crippen LogP contribution in [-0.4, -0.2) is 49.1 Å². The molecule has 2 fully saturated rings. The van der Waals surface area contributed by atoms with E-state index in [0.29, 0.717) is 10.8 Å². The van der Waals surface area contributed by atoms with Crippen LogP contribution < -0.4 is 0 Å². The van der Waals surface area contributed by atoms with Gasteiger partial charge < -0.3 is 9.80 Å².